The third-order valence-electron chi connectivity index (χ3n) is 9.95. The van der Waals surface area contributed by atoms with E-state index in [0.29, 0.717) is 0 Å². The standard InChI is InChI=1S/C41H34O/c1-27-15-13-25-36-38(27)40(2,3)39-32(21-14-26-37(39)42-36)31-20-9-12-24-35(31)41(28-16-5-4-6-17-28)33-22-10-7-18-29(33)30-19-8-11-23-34(30)41/h4-23,25-26,35H,24H2,1-3H3. The van der Waals surface area contributed by atoms with Gasteiger partial charge in [0.2, 0.25) is 0 Å². The summed E-state index contributed by atoms with van der Waals surface area (Å²) in [7, 11) is 0. The number of benzene rings is 5. The molecule has 2 aliphatic carbocycles. The Morgan fingerprint density at radius 2 is 1.21 bits per heavy atom. The van der Waals surface area contributed by atoms with Gasteiger partial charge in [-0.2, -0.15) is 0 Å². The van der Waals surface area contributed by atoms with E-state index >= 15 is 0 Å². The van der Waals surface area contributed by atoms with Gasteiger partial charge >= 0.3 is 0 Å². The van der Waals surface area contributed by atoms with E-state index in [9.17, 15) is 0 Å². The highest BCUT2D eigenvalue weighted by Crippen LogP contribution is 2.61. The predicted molar refractivity (Wildman–Crippen MR) is 173 cm³/mol. The molecule has 1 atom stereocenters. The summed E-state index contributed by atoms with van der Waals surface area (Å²) in [6, 6.07) is 42.4. The van der Waals surface area contributed by atoms with Crippen LogP contribution >= 0.6 is 0 Å². The Balaban J connectivity index is 1.42. The Morgan fingerprint density at radius 3 is 1.93 bits per heavy atom. The minimum absolute atomic E-state index is 0.190. The Bertz CT molecular complexity index is 1870. The Labute approximate surface area is 248 Å². The van der Waals surface area contributed by atoms with E-state index in [0.717, 1.165) is 17.9 Å². The van der Waals surface area contributed by atoms with Crippen LogP contribution in [-0.2, 0) is 10.8 Å². The van der Waals surface area contributed by atoms with Crippen molar-refractivity contribution in [2.45, 2.75) is 38.0 Å². The van der Waals surface area contributed by atoms with E-state index in [2.05, 4.69) is 154 Å². The van der Waals surface area contributed by atoms with Crippen LogP contribution in [0.3, 0.4) is 0 Å². The van der Waals surface area contributed by atoms with Crippen LogP contribution in [-0.4, -0.2) is 0 Å². The van der Waals surface area contributed by atoms with Gasteiger partial charge in [-0.1, -0.05) is 135 Å². The molecule has 0 radical (unpaired) electrons. The second-order valence-corrected chi connectivity index (χ2v) is 12.5. The lowest BCUT2D eigenvalue weighted by molar-refractivity contribution is 0.414. The van der Waals surface area contributed by atoms with E-state index in [1.807, 2.05) is 0 Å². The first-order valence-electron chi connectivity index (χ1n) is 15.1. The van der Waals surface area contributed by atoms with E-state index < -0.39 is 0 Å². The van der Waals surface area contributed by atoms with Crippen molar-refractivity contribution in [3.63, 3.8) is 0 Å². The molecule has 0 fully saturated rings. The van der Waals surface area contributed by atoms with Gasteiger partial charge in [-0.25, -0.2) is 0 Å². The van der Waals surface area contributed by atoms with Gasteiger partial charge in [-0.3, -0.25) is 0 Å². The molecule has 0 saturated heterocycles. The highest BCUT2D eigenvalue weighted by molar-refractivity contribution is 5.88. The Morgan fingerprint density at radius 1 is 0.619 bits per heavy atom. The lowest BCUT2D eigenvalue weighted by atomic mass is 9.58. The molecule has 1 heterocycles. The largest absolute Gasteiger partial charge is 0.457 e. The second-order valence-electron chi connectivity index (χ2n) is 12.5. The second kappa shape index (κ2) is 9.19. The minimum atomic E-state index is -0.332. The van der Waals surface area contributed by atoms with Crippen molar-refractivity contribution in [1.82, 2.24) is 0 Å². The topological polar surface area (TPSA) is 9.23 Å². The van der Waals surface area contributed by atoms with Crippen LogP contribution in [0.2, 0.25) is 0 Å². The monoisotopic (exact) mass is 542 g/mol. The molecule has 204 valence electrons. The first-order chi connectivity index (χ1) is 20.5. The average molecular weight is 543 g/mol. The summed E-state index contributed by atoms with van der Waals surface area (Å²) in [6.45, 7) is 6.94. The third kappa shape index (κ3) is 3.31. The van der Waals surface area contributed by atoms with Gasteiger partial charge < -0.3 is 4.74 Å². The molecule has 1 unspecified atom stereocenters. The van der Waals surface area contributed by atoms with Crippen molar-refractivity contribution in [3.8, 4) is 22.6 Å². The van der Waals surface area contributed by atoms with Crippen LogP contribution in [0.5, 0.6) is 11.5 Å². The summed E-state index contributed by atoms with van der Waals surface area (Å²) in [6.07, 6.45) is 7.94. The first-order valence-corrected chi connectivity index (χ1v) is 15.1. The van der Waals surface area contributed by atoms with Crippen LogP contribution in [0.25, 0.3) is 16.7 Å². The quantitative estimate of drug-likeness (QED) is 0.220. The molecular weight excluding hydrogens is 508 g/mol. The van der Waals surface area contributed by atoms with Gasteiger partial charge in [0, 0.05) is 22.5 Å². The van der Waals surface area contributed by atoms with Crippen LogP contribution in [0.15, 0.2) is 133 Å². The predicted octanol–water partition coefficient (Wildman–Crippen LogP) is 10.4. The molecule has 1 aliphatic heterocycles. The van der Waals surface area contributed by atoms with Crippen LogP contribution in [0, 0.1) is 12.8 Å². The SMILES string of the molecule is Cc1cccc2c1C(C)(C)c1c(cccc1C1=CC=CCC1C1(c3ccccc3)c3ccccc3-c3ccccc31)O2. The van der Waals surface area contributed by atoms with Gasteiger partial charge in [-0.05, 0) is 70.0 Å². The summed E-state index contributed by atoms with van der Waals surface area (Å²) in [4.78, 5) is 0. The van der Waals surface area contributed by atoms with Crippen molar-refractivity contribution in [3.05, 3.63) is 172 Å². The lowest BCUT2D eigenvalue weighted by Gasteiger charge is -2.44. The number of ether oxygens (including phenoxy) is 1. The van der Waals surface area contributed by atoms with Gasteiger partial charge in [0.05, 0.1) is 5.41 Å². The van der Waals surface area contributed by atoms with Crippen molar-refractivity contribution in [2.75, 3.05) is 0 Å². The number of rotatable bonds is 3. The van der Waals surface area contributed by atoms with Crippen molar-refractivity contribution in [1.29, 1.82) is 0 Å². The molecule has 0 spiro atoms. The van der Waals surface area contributed by atoms with Gasteiger partial charge in [0.25, 0.3) is 0 Å². The number of aryl methyl sites for hydroxylation is 1. The molecule has 42 heavy (non-hydrogen) atoms. The summed E-state index contributed by atoms with van der Waals surface area (Å²) >= 11 is 0. The fourth-order valence-corrected chi connectivity index (χ4v) is 8.45. The smallest absolute Gasteiger partial charge is 0.132 e. The molecule has 0 saturated carbocycles. The summed E-state index contributed by atoms with van der Waals surface area (Å²) < 4.78 is 6.66. The maximum absolute atomic E-state index is 6.66. The molecule has 0 bridgehead atoms. The molecule has 5 aromatic rings. The third-order valence-corrected chi connectivity index (χ3v) is 9.95. The van der Waals surface area contributed by atoms with E-state index in [4.69, 9.17) is 4.74 Å². The zero-order valence-electron chi connectivity index (χ0n) is 24.4. The fourth-order valence-electron chi connectivity index (χ4n) is 8.45. The molecule has 1 nitrogen and oxygen atoms in total. The summed E-state index contributed by atoms with van der Waals surface area (Å²) in [5.74, 6) is 2.12. The zero-order valence-corrected chi connectivity index (χ0v) is 24.4. The lowest BCUT2D eigenvalue weighted by Crippen LogP contribution is -2.38. The zero-order chi connectivity index (χ0) is 28.5. The molecule has 0 aromatic heterocycles. The summed E-state index contributed by atoms with van der Waals surface area (Å²) in [5, 5.41) is 0. The molecule has 0 amide bonds. The molecule has 8 rings (SSSR count). The van der Waals surface area contributed by atoms with Crippen molar-refractivity contribution < 1.29 is 4.74 Å². The van der Waals surface area contributed by atoms with Gasteiger partial charge in [0.15, 0.2) is 0 Å². The Hall–Kier alpha value is -4.62. The highest BCUT2D eigenvalue weighted by Gasteiger charge is 2.51. The number of allylic oxidation sites excluding steroid dienone is 4. The average Bonchev–Trinajstić information content (AvgIpc) is 3.32. The van der Waals surface area contributed by atoms with Gasteiger partial charge in [0.1, 0.15) is 11.5 Å². The maximum atomic E-state index is 6.66. The minimum Gasteiger partial charge on any atom is -0.457 e. The Kier molecular flexibility index (Phi) is 5.50. The molecule has 1 heteroatoms. The molecular formula is C41H34O. The number of fused-ring (bicyclic) bond motifs is 5. The number of hydrogen-bond acceptors (Lipinski definition) is 1. The first kappa shape index (κ1) is 25.1. The number of hydrogen-bond donors (Lipinski definition) is 0. The van der Waals surface area contributed by atoms with Crippen LogP contribution < -0.4 is 4.74 Å². The van der Waals surface area contributed by atoms with Crippen LogP contribution in [0.4, 0.5) is 0 Å². The van der Waals surface area contributed by atoms with E-state index in [1.54, 1.807) is 0 Å². The fraction of sp³-hybridized carbons (Fsp3) is 0.171. The van der Waals surface area contributed by atoms with E-state index in [1.165, 1.54) is 55.6 Å². The van der Waals surface area contributed by atoms with Crippen molar-refractivity contribution >= 4 is 5.57 Å². The van der Waals surface area contributed by atoms with Crippen LogP contribution in [0.1, 0.15) is 59.2 Å². The highest BCUT2D eigenvalue weighted by atomic mass is 16.5. The molecule has 5 aromatic carbocycles. The molecule has 0 N–H and O–H groups in total. The normalized spacial score (nSPS) is 18.6. The maximum Gasteiger partial charge on any atom is 0.132 e. The molecule has 3 aliphatic rings. The van der Waals surface area contributed by atoms with E-state index in [-0.39, 0.29) is 16.7 Å². The van der Waals surface area contributed by atoms with Crippen molar-refractivity contribution in [2.24, 2.45) is 5.92 Å². The summed E-state index contributed by atoms with van der Waals surface area (Å²) in [5.41, 5.74) is 12.8. The van der Waals surface area contributed by atoms with Gasteiger partial charge in [-0.15, -0.1) is 0 Å².